The smallest absolute Gasteiger partial charge is 0.0685 e. The van der Waals surface area contributed by atoms with Gasteiger partial charge in [0.1, 0.15) is 0 Å². The zero-order valence-electron chi connectivity index (χ0n) is 13.5. The van der Waals surface area contributed by atoms with E-state index in [1.54, 1.807) is 0 Å². The fourth-order valence-electron chi connectivity index (χ4n) is 4.42. The van der Waals surface area contributed by atoms with Gasteiger partial charge >= 0.3 is 0 Å². The fourth-order valence-corrected chi connectivity index (χ4v) is 4.42. The minimum atomic E-state index is 0.184. The second-order valence-electron chi connectivity index (χ2n) is 7.36. The van der Waals surface area contributed by atoms with Crippen molar-refractivity contribution in [3.05, 3.63) is 34.9 Å². The summed E-state index contributed by atoms with van der Waals surface area (Å²) in [6.07, 6.45) is 8.48. The summed E-state index contributed by atoms with van der Waals surface area (Å²) in [5.41, 5.74) is 10.8. The highest BCUT2D eigenvalue weighted by Crippen LogP contribution is 2.42. The molecule has 2 aliphatic rings. The van der Waals surface area contributed by atoms with Crippen LogP contribution in [0.15, 0.2) is 18.2 Å². The number of hydrogen-bond donors (Lipinski definition) is 1. The van der Waals surface area contributed by atoms with Crippen molar-refractivity contribution in [2.24, 2.45) is 11.7 Å². The van der Waals surface area contributed by atoms with Gasteiger partial charge in [-0.15, -0.1) is 0 Å². The van der Waals surface area contributed by atoms with Crippen molar-refractivity contribution in [3.8, 4) is 0 Å². The van der Waals surface area contributed by atoms with Crippen LogP contribution in [0.5, 0.6) is 0 Å². The molecule has 3 rings (SSSR count). The van der Waals surface area contributed by atoms with E-state index in [2.05, 4.69) is 32.0 Å². The lowest BCUT2D eigenvalue weighted by Crippen LogP contribution is -2.44. The molecule has 1 aromatic carbocycles. The number of nitrogens with two attached hydrogens (primary N) is 1. The maximum atomic E-state index is 6.58. The molecule has 2 N–H and O–H groups in total. The van der Waals surface area contributed by atoms with Gasteiger partial charge in [-0.05, 0) is 57.4 Å². The van der Waals surface area contributed by atoms with Crippen LogP contribution in [0.25, 0.3) is 0 Å². The highest BCUT2D eigenvalue weighted by molar-refractivity contribution is 5.29. The van der Waals surface area contributed by atoms with Crippen LogP contribution in [0.4, 0.5) is 0 Å². The Hall–Kier alpha value is -0.860. The van der Waals surface area contributed by atoms with Crippen LogP contribution in [0.2, 0.25) is 0 Å². The molecule has 0 radical (unpaired) electrons. The molecule has 1 heterocycles. The second-order valence-corrected chi connectivity index (χ2v) is 7.36. The van der Waals surface area contributed by atoms with E-state index >= 15 is 0 Å². The Morgan fingerprint density at radius 1 is 1.19 bits per heavy atom. The molecule has 116 valence electrons. The highest BCUT2D eigenvalue weighted by Gasteiger charge is 2.41. The third kappa shape index (κ3) is 3.49. The van der Waals surface area contributed by atoms with Gasteiger partial charge in [0, 0.05) is 12.6 Å². The summed E-state index contributed by atoms with van der Waals surface area (Å²) in [6.45, 7) is 5.25. The first-order valence-electron chi connectivity index (χ1n) is 8.53. The van der Waals surface area contributed by atoms with E-state index in [0.717, 1.165) is 19.4 Å². The Kier molecular flexibility index (Phi) is 4.37. The third-order valence-corrected chi connectivity index (χ3v) is 5.40. The Balaban J connectivity index is 1.65. The molecule has 1 aliphatic carbocycles. The molecule has 0 aromatic heterocycles. The zero-order chi connectivity index (χ0) is 14.9. The van der Waals surface area contributed by atoms with Gasteiger partial charge in [-0.2, -0.15) is 0 Å². The number of rotatable bonds is 3. The molecule has 1 saturated carbocycles. The van der Waals surface area contributed by atoms with Crippen molar-refractivity contribution in [3.63, 3.8) is 0 Å². The lowest BCUT2D eigenvalue weighted by molar-refractivity contribution is -0.0960. The fraction of sp³-hybridized carbons (Fsp3) is 0.684. The summed E-state index contributed by atoms with van der Waals surface area (Å²) in [7, 11) is 0. The van der Waals surface area contributed by atoms with Crippen molar-refractivity contribution in [1.82, 2.24) is 0 Å². The van der Waals surface area contributed by atoms with Crippen LogP contribution >= 0.6 is 0 Å². The molecule has 2 nitrogen and oxygen atoms in total. The van der Waals surface area contributed by atoms with Crippen molar-refractivity contribution >= 4 is 0 Å². The summed E-state index contributed by atoms with van der Waals surface area (Å²) in [4.78, 5) is 0. The van der Waals surface area contributed by atoms with Crippen LogP contribution in [0, 0.1) is 19.8 Å². The van der Waals surface area contributed by atoms with Gasteiger partial charge in [-0.1, -0.05) is 42.2 Å². The Morgan fingerprint density at radius 3 is 2.52 bits per heavy atom. The van der Waals surface area contributed by atoms with Crippen molar-refractivity contribution in [1.29, 1.82) is 0 Å². The van der Waals surface area contributed by atoms with Gasteiger partial charge in [-0.3, -0.25) is 0 Å². The largest absolute Gasteiger partial charge is 0.375 e. The third-order valence-electron chi connectivity index (χ3n) is 5.40. The van der Waals surface area contributed by atoms with Crippen molar-refractivity contribution in [2.45, 2.75) is 70.4 Å². The number of aryl methyl sites for hydroxylation is 2. The molecule has 1 spiro atoms. The Morgan fingerprint density at radius 2 is 1.86 bits per heavy atom. The molecule has 1 aliphatic heterocycles. The van der Waals surface area contributed by atoms with Gasteiger partial charge in [0.15, 0.2) is 0 Å². The predicted molar refractivity (Wildman–Crippen MR) is 87.5 cm³/mol. The van der Waals surface area contributed by atoms with E-state index in [9.17, 15) is 0 Å². The molecule has 0 amide bonds. The maximum absolute atomic E-state index is 6.58. The first-order valence-corrected chi connectivity index (χ1v) is 8.53. The first kappa shape index (κ1) is 15.1. The summed E-state index contributed by atoms with van der Waals surface area (Å²) in [5, 5.41) is 0. The van der Waals surface area contributed by atoms with Crippen LogP contribution in [0.3, 0.4) is 0 Å². The Labute approximate surface area is 129 Å². The van der Waals surface area contributed by atoms with E-state index in [1.807, 2.05) is 0 Å². The zero-order valence-corrected chi connectivity index (χ0v) is 13.5. The van der Waals surface area contributed by atoms with Crippen molar-refractivity contribution < 1.29 is 4.74 Å². The number of hydrogen-bond acceptors (Lipinski definition) is 2. The van der Waals surface area contributed by atoms with E-state index < -0.39 is 0 Å². The van der Waals surface area contributed by atoms with Gasteiger partial charge < -0.3 is 10.5 Å². The van der Waals surface area contributed by atoms with E-state index in [4.69, 9.17) is 10.5 Å². The normalized spacial score (nSPS) is 26.1. The maximum Gasteiger partial charge on any atom is 0.0685 e. The molecule has 2 heteroatoms. The van der Waals surface area contributed by atoms with Gasteiger partial charge in [-0.25, -0.2) is 0 Å². The molecule has 2 fully saturated rings. The molecule has 2 unspecified atom stereocenters. The molecule has 1 saturated heterocycles. The van der Waals surface area contributed by atoms with E-state index in [-0.39, 0.29) is 11.6 Å². The summed E-state index contributed by atoms with van der Waals surface area (Å²) in [5.74, 6) is 0.623. The lowest BCUT2D eigenvalue weighted by atomic mass is 9.79. The van der Waals surface area contributed by atoms with Crippen LogP contribution < -0.4 is 5.73 Å². The average molecular weight is 287 g/mol. The minimum absolute atomic E-state index is 0.184. The molecular formula is C19H29NO. The van der Waals surface area contributed by atoms with Gasteiger partial charge in [0.25, 0.3) is 0 Å². The standard InChI is InChI=1S/C19H29NO/c1-14-9-15(2)11-16(10-14)12-18(20)17-5-8-21-19(13-17)6-3-4-7-19/h9-11,17-18H,3-8,12-13,20H2,1-2H3. The summed E-state index contributed by atoms with van der Waals surface area (Å²) >= 11 is 0. The topological polar surface area (TPSA) is 35.2 Å². The van der Waals surface area contributed by atoms with Crippen LogP contribution in [-0.4, -0.2) is 18.2 Å². The van der Waals surface area contributed by atoms with E-state index in [0.29, 0.717) is 5.92 Å². The lowest BCUT2D eigenvalue weighted by Gasteiger charge is -2.40. The molecular weight excluding hydrogens is 258 g/mol. The average Bonchev–Trinajstić information content (AvgIpc) is 2.85. The number of ether oxygens (including phenoxy) is 1. The molecule has 1 aromatic rings. The quantitative estimate of drug-likeness (QED) is 0.914. The second kappa shape index (κ2) is 6.10. The first-order chi connectivity index (χ1) is 10.1. The summed E-state index contributed by atoms with van der Waals surface area (Å²) < 4.78 is 6.14. The minimum Gasteiger partial charge on any atom is -0.375 e. The SMILES string of the molecule is Cc1cc(C)cc(CC(N)C2CCOC3(CCCC3)C2)c1. The van der Waals surface area contributed by atoms with Gasteiger partial charge in [0.05, 0.1) is 5.60 Å². The van der Waals surface area contributed by atoms with E-state index in [1.165, 1.54) is 48.8 Å². The van der Waals surface area contributed by atoms with Crippen LogP contribution in [-0.2, 0) is 11.2 Å². The Bertz CT molecular complexity index is 470. The van der Waals surface area contributed by atoms with Crippen LogP contribution in [0.1, 0.15) is 55.2 Å². The molecule has 2 atom stereocenters. The van der Waals surface area contributed by atoms with Crippen molar-refractivity contribution in [2.75, 3.05) is 6.61 Å². The molecule has 0 bridgehead atoms. The van der Waals surface area contributed by atoms with Gasteiger partial charge in [0.2, 0.25) is 0 Å². The monoisotopic (exact) mass is 287 g/mol. The highest BCUT2D eigenvalue weighted by atomic mass is 16.5. The number of benzene rings is 1. The molecule has 21 heavy (non-hydrogen) atoms. The summed E-state index contributed by atoms with van der Waals surface area (Å²) in [6, 6.07) is 7.08. The predicted octanol–water partition coefficient (Wildman–Crippen LogP) is 3.91.